The Labute approximate surface area is 113 Å². The average Bonchev–Trinajstić information content (AvgIpc) is 2.88. The number of nitrogens with one attached hydrogen (secondary N) is 2. The monoisotopic (exact) mass is 256 g/mol. The lowest BCUT2D eigenvalue weighted by Crippen LogP contribution is -2.22. The van der Waals surface area contributed by atoms with E-state index in [1.807, 2.05) is 0 Å². The minimum Gasteiger partial charge on any atom is -0.305 e. The number of aromatic amines is 1. The van der Waals surface area contributed by atoms with Crippen LogP contribution in [0, 0.1) is 0 Å². The maximum absolute atomic E-state index is 4.22. The van der Waals surface area contributed by atoms with Gasteiger partial charge in [0.05, 0.1) is 12.2 Å². The third-order valence-electron chi connectivity index (χ3n) is 3.96. The van der Waals surface area contributed by atoms with Gasteiger partial charge in [0.1, 0.15) is 5.69 Å². The zero-order chi connectivity index (χ0) is 13.1. The van der Waals surface area contributed by atoms with Crippen molar-refractivity contribution in [2.75, 3.05) is 6.54 Å². The van der Waals surface area contributed by atoms with Gasteiger partial charge >= 0.3 is 0 Å². The Morgan fingerprint density at radius 3 is 2.95 bits per heavy atom. The first-order valence-electron chi connectivity index (χ1n) is 7.07. The molecule has 0 spiro atoms. The smallest absolute Gasteiger partial charge is 0.104 e. The van der Waals surface area contributed by atoms with Crippen LogP contribution in [0.4, 0.5) is 0 Å². The Morgan fingerprint density at radius 2 is 2.32 bits per heavy atom. The van der Waals surface area contributed by atoms with Crippen molar-refractivity contribution in [3.05, 3.63) is 47.3 Å². The summed E-state index contributed by atoms with van der Waals surface area (Å²) in [6.07, 6.45) is 5.83. The van der Waals surface area contributed by atoms with Gasteiger partial charge in [-0.25, -0.2) is 0 Å². The van der Waals surface area contributed by atoms with Crippen molar-refractivity contribution in [1.29, 1.82) is 0 Å². The van der Waals surface area contributed by atoms with Gasteiger partial charge in [-0.2, -0.15) is 15.4 Å². The second-order valence-electron chi connectivity index (χ2n) is 5.18. The molecule has 100 valence electrons. The van der Waals surface area contributed by atoms with Gasteiger partial charge in [-0.15, -0.1) is 0 Å². The number of hydrogen-bond acceptors (Lipinski definition) is 3. The summed E-state index contributed by atoms with van der Waals surface area (Å²) < 4.78 is 0. The molecule has 0 amide bonds. The molecule has 4 heteroatoms. The van der Waals surface area contributed by atoms with Crippen LogP contribution in [0.3, 0.4) is 0 Å². The molecule has 4 nitrogen and oxygen atoms in total. The molecule has 1 saturated carbocycles. The van der Waals surface area contributed by atoms with Crippen LogP contribution >= 0.6 is 0 Å². The lowest BCUT2D eigenvalue weighted by Gasteiger charge is -2.27. The Kier molecular flexibility index (Phi) is 3.60. The van der Waals surface area contributed by atoms with E-state index in [1.54, 1.807) is 6.20 Å². The molecule has 3 rings (SSSR count). The first-order valence-corrected chi connectivity index (χ1v) is 7.07. The third kappa shape index (κ3) is 2.54. The van der Waals surface area contributed by atoms with Gasteiger partial charge in [-0.3, -0.25) is 0 Å². The summed E-state index contributed by atoms with van der Waals surface area (Å²) in [6, 6.07) is 9.03. The normalized spacial score (nSPS) is 17.1. The molecule has 2 N–H and O–H groups in total. The standard InChI is InChI=1S/C15H20N4/c1-2-16-15(14-10-17-19-18-14)13-8-4-7-12(9-13)11-5-3-6-11/h4,7-11,15-16H,2-3,5-6H2,1H3,(H,17,18,19). The molecule has 1 aliphatic carbocycles. The van der Waals surface area contributed by atoms with E-state index in [0.29, 0.717) is 0 Å². The molecule has 1 atom stereocenters. The molecule has 0 saturated heterocycles. The van der Waals surface area contributed by atoms with E-state index in [1.165, 1.54) is 30.4 Å². The van der Waals surface area contributed by atoms with Crippen LogP contribution in [0.25, 0.3) is 0 Å². The topological polar surface area (TPSA) is 53.6 Å². The Hall–Kier alpha value is -1.68. The number of H-pyrrole nitrogens is 1. The van der Waals surface area contributed by atoms with E-state index in [4.69, 9.17) is 0 Å². The number of nitrogens with zero attached hydrogens (tertiary/aromatic N) is 2. The number of hydrogen-bond donors (Lipinski definition) is 2. The summed E-state index contributed by atoms with van der Waals surface area (Å²) in [6.45, 7) is 3.02. The van der Waals surface area contributed by atoms with Crippen LogP contribution in [0.5, 0.6) is 0 Å². The van der Waals surface area contributed by atoms with Gasteiger partial charge < -0.3 is 5.32 Å². The zero-order valence-corrected chi connectivity index (χ0v) is 11.3. The summed E-state index contributed by atoms with van der Waals surface area (Å²) in [4.78, 5) is 0. The predicted molar refractivity (Wildman–Crippen MR) is 74.9 cm³/mol. The largest absolute Gasteiger partial charge is 0.305 e. The van der Waals surface area contributed by atoms with Crippen LogP contribution in [0.15, 0.2) is 30.5 Å². The van der Waals surface area contributed by atoms with E-state index in [2.05, 4.69) is 51.9 Å². The molecule has 19 heavy (non-hydrogen) atoms. The van der Waals surface area contributed by atoms with Crippen LogP contribution in [0.2, 0.25) is 0 Å². The molecule has 0 aliphatic heterocycles. The Morgan fingerprint density at radius 1 is 1.42 bits per heavy atom. The van der Waals surface area contributed by atoms with Crippen molar-refractivity contribution in [3.63, 3.8) is 0 Å². The minimum absolute atomic E-state index is 0.128. The highest BCUT2D eigenvalue weighted by molar-refractivity contribution is 5.33. The fourth-order valence-electron chi connectivity index (χ4n) is 2.68. The van der Waals surface area contributed by atoms with Crippen molar-refractivity contribution in [2.24, 2.45) is 0 Å². The molecular formula is C15H20N4. The lowest BCUT2D eigenvalue weighted by molar-refractivity contribution is 0.419. The number of rotatable bonds is 5. The minimum atomic E-state index is 0.128. The molecular weight excluding hydrogens is 236 g/mol. The van der Waals surface area contributed by atoms with Crippen LogP contribution in [0.1, 0.15) is 55.0 Å². The van der Waals surface area contributed by atoms with Crippen molar-refractivity contribution < 1.29 is 0 Å². The molecule has 1 fully saturated rings. The molecule has 2 aromatic rings. The number of aromatic nitrogens is 3. The van der Waals surface area contributed by atoms with E-state index < -0.39 is 0 Å². The van der Waals surface area contributed by atoms with Crippen LogP contribution in [-0.4, -0.2) is 22.0 Å². The first kappa shape index (κ1) is 12.4. The van der Waals surface area contributed by atoms with Crippen molar-refractivity contribution in [2.45, 2.75) is 38.1 Å². The van der Waals surface area contributed by atoms with Crippen molar-refractivity contribution in [3.8, 4) is 0 Å². The third-order valence-corrected chi connectivity index (χ3v) is 3.96. The first-order chi connectivity index (χ1) is 9.38. The van der Waals surface area contributed by atoms with Crippen LogP contribution < -0.4 is 5.32 Å². The summed E-state index contributed by atoms with van der Waals surface area (Å²) in [5, 5.41) is 14.3. The summed E-state index contributed by atoms with van der Waals surface area (Å²) in [5.74, 6) is 0.763. The maximum Gasteiger partial charge on any atom is 0.104 e. The average molecular weight is 256 g/mol. The van der Waals surface area contributed by atoms with Gasteiger partial charge in [0.25, 0.3) is 0 Å². The van der Waals surface area contributed by atoms with E-state index in [0.717, 1.165) is 18.2 Å². The van der Waals surface area contributed by atoms with Gasteiger partial charge in [-0.05, 0) is 36.4 Å². The zero-order valence-electron chi connectivity index (χ0n) is 11.3. The molecule has 0 bridgehead atoms. The highest BCUT2D eigenvalue weighted by atomic mass is 15.3. The quantitative estimate of drug-likeness (QED) is 0.865. The highest BCUT2D eigenvalue weighted by Crippen LogP contribution is 2.37. The fraction of sp³-hybridized carbons (Fsp3) is 0.467. The molecule has 1 unspecified atom stereocenters. The van der Waals surface area contributed by atoms with Gasteiger partial charge in [0.2, 0.25) is 0 Å². The molecule has 1 aromatic heterocycles. The van der Waals surface area contributed by atoms with Gasteiger partial charge in [0, 0.05) is 0 Å². The van der Waals surface area contributed by atoms with Gasteiger partial charge in [-0.1, -0.05) is 37.6 Å². The van der Waals surface area contributed by atoms with E-state index in [9.17, 15) is 0 Å². The maximum atomic E-state index is 4.22. The highest BCUT2D eigenvalue weighted by Gasteiger charge is 2.21. The van der Waals surface area contributed by atoms with E-state index >= 15 is 0 Å². The Bertz CT molecular complexity index is 517. The summed E-state index contributed by atoms with van der Waals surface area (Å²) in [5.41, 5.74) is 3.70. The summed E-state index contributed by atoms with van der Waals surface area (Å²) in [7, 11) is 0. The summed E-state index contributed by atoms with van der Waals surface area (Å²) >= 11 is 0. The SMILES string of the molecule is CCNC(c1cccc(C2CCC2)c1)c1cn[nH]n1. The van der Waals surface area contributed by atoms with Crippen LogP contribution in [-0.2, 0) is 0 Å². The van der Waals surface area contributed by atoms with E-state index in [-0.39, 0.29) is 6.04 Å². The fourth-order valence-corrected chi connectivity index (χ4v) is 2.68. The second-order valence-corrected chi connectivity index (χ2v) is 5.18. The van der Waals surface area contributed by atoms with Gasteiger partial charge in [0.15, 0.2) is 0 Å². The van der Waals surface area contributed by atoms with Crippen molar-refractivity contribution in [1.82, 2.24) is 20.7 Å². The number of benzene rings is 1. The second kappa shape index (κ2) is 5.53. The molecule has 0 radical (unpaired) electrons. The van der Waals surface area contributed by atoms with Crippen molar-refractivity contribution >= 4 is 0 Å². The molecule has 1 aromatic carbocycles. The predicted octanol–water partition coefficient (Wildman–Crippen LogP) is 2.77. The molecule has 1 heterocycles. The molecule has 1 aliphatic rings. The Balaban J connectivity index is 1.89. The lowest BCUT2D eigenvalue weighted by atomic mass is 9.79.